The summed E-state index contributed by atoms with van der Waals surface area (Å²) in [7, 11) is 3.85. The van der Waals surface area contributed by atoms with Gasteiger partial charge in [-0.15, -0.1) is 5.10 Å². The molecule has 1 N–H and O–H groups in total. The van der Waals surface area contributed by atoms with Gasteiger partial charge in [-0.3, -0.25) is 9.59 Å². The predicted molar refractivity (Wildman–Crippen MR) is 158 cm³/mol. The molecule has 0 aliphatic rings. The maximum atomic E-state index is 14.9. The molecule has 10 heteroatoms. The molecule has 0 saturated carbocycles. The number of hydrogen-bond donors (Lipinski definition) is 1. The molecule has 0 fully saturated rings. The third-order valence-corrected chi connectivity index (χ3v) is 6.97. The molecule has 8 nitrogen and oxygen atoms in total. The first-order valence-corrected chi connectivity index (χ1v) is 13.3. The van der Waals surface area contributed by atoms with E-state index in [0.717, 1.165) is 5.69 Å². The van der Waals surface area contributed by atoms with E-state index in [-0.39, 0.29) is 18.7 Å². The van der Waals surface area contributed by atoms with Gasteiger partial charge in [0.2, 0.25) is 5.91 Å². The quantitative estimate of drug-likeness (QED) is 0.246. The highest BCUT2D eigenvalue weighted by atomic mass is 35.5. The smallest absolute Gasteiger partial charge is 0.251 e. The Morgan fingerprint density at radius 2 is 1.61 bits per heavy atom. The number of carbonyl (C=O) groups excluding carboxylic acids is 2. The Labute approximate surface area is 241 Å². The zero-order chi connectivity index (χ0) is 28.9. The van der Waals surface area contributed by atoms with E-state index in [0.29, 0.717) is 27.3 Å². The van der Waals surface area contributed by atoms with E-state index in [9.17, 15) is 14.0 Å². The number of halogens is 2. The van der Waals surface area contributed by atoms with Gasteiger partial charge in [-0.25, -0.2) is 9.07 Å². The maximum absolute atomic E-state index is 14.9. The number of carbonyl (C=O) groups is 2. The number of nitrogens with zero attached hydrogens (tertiary/aromatic N) is 5. The van der Waals surface area contributed by atoms with E-state index in [1.165, 1.54) is 15.6 Å². The fourth-order valence-corrected chi connectivity index (χ4v) is 4.68. The van der Waals surface area contributed by atoms with Crippen molar-refractivity contribution in [2.45, 2.75) is 19.1 Å². The number of amides is 2. The molecule has 0 aliphatic carbocycles. The van der Waals surface area contributed by atoms with E-state index in [4.69, 9.17) is 11.6 Å². The van der Waals surface area contributed by atoms with Crippen LogP contribution in [0.25, 0.3) is 11.0 Å². The van der Waals surface area contributed by atoms with Gasteiger partial charge in [0.1, 0.15) is 23.9 Å². The molecule has 4 aromatic carbocycles. The monoisotopic (exact) mass is 570 g/mol. The summed E-state index contributed by atoms with van der Waals surface area (Å²) in [5.41, 5.74) is 3.61. The van der Waals surface area contributed by atoms with Gasteiger partial charge in [-0.05, 0) is 60.2 Å². The molecule has 41 heavy (non-hydrogen) atoms. The number of hydrogen-bond acceptors (Lipinski definition) is 5. The van der Waals surface area contributed by atoms with Crippen LogP contribution in [0.5, 0.6) is 0 Å². The molecule has 1 heterocycles. The number of para-hydroxylation sites is 1. The fourth-order valence-electron chi connectivity index (χ4n) is 4.56. The molecule has 0 spiro atoms. The summed E-state index contributed by atoms with van der Waals surface area (Å²) in [6, 6.07) is 26.4. The van der Waals surface area contributed by atoms with E-state index < -0.39 is 23.7 Å². The second-order valence-electron chi connectivity index (χ2n) is 9.73. The van der Waals surface area contributed by atoms with E-state index in [2.05, 4.69) is 15.6 Å². The van der Waals surface area contributed by atoms with Crippen LogP contribution in [0.1, 0.15) is 17.2 Å². The van der Waals surface area contributed by atoms with Gasteiger partial charge in [0, 0.05) is 42.6 Å². The van der Waals surface area contributed by atoms with Crippen molar-refractivity contribution >= 4 is 45.8 Å². The molecule has 5 aromatic rings. The van der Waals surface area contributed by atoms with Crippen LogP contribution in [0.2, 0.25) is 5.02 Å². The minimum atomic E-state index is -1.11. The third kappa shape index (κ3) is 6.36. The zero-order valence-electron chi connectivity index (χ0n) is 22.5. The Hall–Kier alpha value is -4.76. The number of rotatable bonds is 9. The molecular formula is C31H28ClFN6O2. The summed E-state index contributed by atoms with van der Waals surface area (Å²) in [6.07, 6.45) is 0. The van der Waals surface area contributed by atoms with Crippen molar-refractivity contribution < 1.29 is 14.0 Å². The van der Waals surface area contributed by atoms with Crippen LogP contribution < -0.4 is 10.2 Å². The van der Waals surface area contributed by atoms with Crippen molar-refractivity contribution in [1.29, 1.82) is 0 Å². The molecule has 1 unspecified atom stereocenters. The summed E-state index contributed by atoms with van der Waals surface area (Å²) < 4.78 is 16.4. The Morgan fingerprint density at radius 3 is 2.32 bits per heavy atom. The highest BCUT2D eigenvalue weighted by Gasteiger charge is 2.33. The average molecular weight is 571 g/mol. The van der Waals surface area contributed by atoms with E-state index in [1.54, 1.807) is 60.7 Å². The number of benzene rings is 4. The van der Waals surface area contributed by atoms with Crippen molar-refractivity contribution in [3.05, 3.63) is 119 Å². The molecule has 0 bridgehead atoms. The second-order valence-corrected chi connectivity index (χ2v) is 10.2. The first-order chi connectivity index (χ1) is 19.8. The lowest BCUT2D eigenvalue weighted by atomic mass is 10.0. The van der Waals surface area contributed by atoms with Gasteiger partial charge in [-0.1, -0.05) is 59.3 Å². The summed E-state index contributed by atoms with van der Waals surface area (Å²) in [5.74, 6) is -1.38. The highest BCUT2D eigenvalue weighted by Crippen LogP contribution is 2.28. The van der Waals surface area contributed by atoms with Crippen molar-refractivity contribution in [3.8, 4) is 0 Å². The molecule has 0 radical (unpaired) electrons. The minimum Gasteiger partial charge on any atom is -0.378 e. The van der Waals surface area contributed by atoms with Crippen LogP contribution >= 0.6 is 11.6 Å². The van der Waals surface area contributed by atoms with Crippen molar-refractivity contribution in [3.63, 3.8) is 0 Å². The highest BCUT2D eigenvalue weighted by molar-refractivity contribution is 6.30. The summed E-state index contributed by atoms with van der Waals surface area (Å²) in [4.78, 5) is 31.3. The summed E-state index contributed by atoms with van der Waals surface area (Å²) in [6.45, 7) is -0.359. The van der Waals surface area contributed by atoms with Crippen LogP contribution in [0, 0.1) is 5.82 Å². The van der Waals surface area contributed by atoms with Gasteiger partial charge in [-0.2, -0.15) is 0 Å². The number of nitrogens with one attached hydrogen (secondary N) is 1. The Morgan fingerprint density at radius 1 is 0.927 bits per heavy atom. The number of fused-ring (bicyclic) bond motifs is 1. The Bertz CT molecular complexity index is 1670. The van der Waals surface area contributed by atoms with E-state index >= 15 is 0 Å². The van der Waals surface area contributed by atoms with Gasteiger partial charge >= 0.3 is 0 Å². The normalized spacial score (nSPS) is 11.7. The SMILES string of the molecule is CN(C)c1ccc(NC(=O)C(c2ccc(Cl)cc2)N(Cc2ccccc2F)C(=O)Cn2nnc3ccccc32)cc1. The number of anilines is 2. The van der Waals surface area contributed by atoms with Crippen molar-refractivity contribution in [1.82, 2.24) is 19.9 Å². The molecule has 1 aromatic heterocycles. The molecule has 0 aliphatic heterocycles. The fraction of sp³-hybridized carbons (Fsp3) is 0.161. The average Bonchev–Trinajstić information content (AvgIpc) is 3.37. The van der Waals surface area contributed by atoms with Gasteiger partial charge in [0.25, 0.3) is 5.91 Å². The van der Waals surface area contributed by atoms with Gasteiger partial charge < -0.3 is 15.1 Å². The molecular weight excluding hydrogens is 543 g/mol. The Balaban J connectivity index is 1.54. The Kier molecular flexibility index (Phi) is 8.26. The molecule has 0 saturated heterocycles. The minimum absolute atomic E-state index is 0.154. The predicted octanol–water partition coefficient (Wildman–Crippen LogP) is 5.70. The lowest BCUT2D eigenvalue weighted by molar-refractivity contribution is -0.140. The first-order valence-electron chi connectivity index (χ1n) is 12.9. The number of aromatic nitrogens is 3. The standard InChI is InChI=1S/C31H28ClFN6O2/c1-37(2)25-17-15-24(16-18-25)34-31(41)30(21-11-13-23(32)14-12-21)38(19-22-7-3-4-8-26(22)33)29(40)20-39-28-10-6-5-9-27(28)35-36-39/h3-18,30H,19-20H2,1-2H3,(H,34,41). The largest absolute Gasteiger partial charge is 0.378 e. The lowest BCUT2D eigenvalue weighted by Crippen LogP contribution is -2.42. The van der Waals surface area contributed by atoms with Gasteiger partial charge in [0.15, 0.2) is 0 Å². The van der Waals surface area contributed by atoms with Crippen molar-refractivity contribution in [2.75, 3.05) is 24.3 Å². The maximum Gasteiger partial charge on any atom is 0.251 e. The van der Waals surface area contributed by atoms with Crippen LogP contribution in [-0.4, -0.2) is 45.8 Å². The van der Waals surface area contributed by atoms with Crippen LogP contribution in [0.15, 0.2) is 97.1 Å². The van der Waals surface area contributed by atoms with Crippen molar-refractivity contribution in [2.24, 2.45) is 0 Å². The lowest BCUT2D eigenvalue weighted by Gasteiger charge is -2.32. The summed E-state index contributed by atoms with van der Waals surface area (Å²) >= 11 is 6.16. The summed E-state index contributed by atoms with van der Waals surface area (Å²) in [5, 5.41) is 11.7. The van der Waals surface area contributed by atoms with E-state index in [1.807, 2.05) is 49.3 Å². The van der Waals surface area contributed by atoms with Gasteiger partial charge in [0.05, 0.1) is 5.52 Å². The molecule has 2 amide bonds. The first kappa shape index (κ1) is 27.8. The third-order valence-electron chi connectivity index (χ3n) is 6.72. The zero-order valence-corrected chi connectivity index (χ0v) is 23.3. The molecule has 208 valence electrons. The topological polar surface area (TPSA) is 83.4 Å². The molecule has 5 rings (SSSR count). The second kappa shape index (κ2) is 12.2. The van der Waals surface area contributed by atoms with Crippen LogP contribution in [0.4, 0.5) is 15.8 Å². The van der Waals surface area contributed by atoms with Crippen LogP contribution in [-0.2, 0) is 22.7 Å². The van der Waals surface area contributed by atoms with Crippen LogP contribution in [0.3, 0.4) is 0 Å². The molecule has 1 atom stereocenters.